The smallest absolute Gasteiger partial charge is 0.341 e. The van der Waals surface area contributed by atoms with E-state index in [2.05, 4.69) is 10.6 Å². The molecule has 3 fully saturated rings. The lowest BCUT2D eigenvalue weighted by atomic mass is 9.78. The minimum Gasteiger partial charge on any atom is -0.507 e. The summed E-state index contributed by atoms with van der Waals surface area (Å²) in [6.07, 6.45) is 8.95. The van der Waals surface area contributed by atoms with Crippen LogP contribution in [0, 0.1) is 36.4 Å². The van der Waals surface area contributed by atoms with Gasteiger partial charge in [0.15, 0.2) is 34.0 Å². The third kappa shape index (κ3) is 11.6. The predicted octanol–water partition coefficient (Wildman–Crippen LogP) is 7.28. The number of halogens is 1. The van der Waals surface area contributed by atoms with Crippen LogP contribution in [0.15, 0.2) is 79.3 Å². The number of nitrogens with zero attached hydrogens (tertiary/aromatic N) is 4. The number of phenols is 1. The van der Waals surface area contributed by atoms with Crippen LogP contribution in [0.25, 0.3) is 49.6 Å². The Kier molecular flexibility index (Phi) is 17.5. The number of nitrogens with one attached hydrogen (secondary N) is 2. The normalized spacial score (nSPS) is 27.0. The number of aromatic nitrogens is 2. The lowest BCUT2D eigenvalue weighted by molar-refractivity contribution is -0.160. The van der Waals surface area contributed by atoms with Crippen molar-refractivity contribution in [3.63, 3.8) is 0 Å². The molecule has 2 aromatic heterocycles. The molecule has 1 aliphatic carbocycles. The zero-order chi connectivity index (χ0) is 65.4. The summed E-state index contributed by atoms with van der Waals surface area (Å²) in [4.78, 5) is 90.5. The van der Waals surface area contributed by atoms with Gasteiger partial charge in [-0.05, 0) is 64.5 Å². The number of fused-ring (bicyclic) bond motifs is 6. The summed E-state index contributed by atoms with van der Waals surface area (Å²) in [5.41, 5.74) is -2.52. The van der Waals surface area contributed by atoms with Gasteiger partial charge in [0.05, 0.1) is 53.2 Å². The average Bonchev–Trinajstić information content (AvgIpc) is 1.68. The number of aromatic carboxylic acids is 1. The van der Waals surface area contributed by atoms with Gasteiger partial charge in [-0.15, -0.1) is 0 Å². The van der Waals surface area contributed by atoms with Crippen molar-refractivity contribution < 1.29 is 72.4 Å². The van der Waals surface area contributed by atoms with Crippen molar-refractivity contribution in [2.45, 2.75) is 142 Å². The summed E-state index contributed by atoms with van der Waals surface area (Å²) in [7, 11) is 2.85. The van der Waals surface area contributed by atoms with E-state index in [9.17, 15) is 49.5 Å². The molecule has 5 aliphatic rings. The first-order valence-corrected chi connectivity index (χ1v) is 30.8. The van der Waals surface area contributed by atoms with Crippen molar-refractivity contribution in [3.05, 3.63) is 113 Å². The average molecular weight is 1260 g/mol. The number of carboxylic acids is 1. The fourth-order valence-electron chi connectivity index (χ4n) is 13.7. The number of aliphatic hydroxyl groups excluding tert-OH is 3. The van der Waals surface area contributed by atoms with Gasteiger partial charge < -0.3 is 78.6 Å². The highest BCUT2D eigenvalue weighted by Gasteiger charge is 2.45. The quantitative estimate of drug-likeness (QED) is 0.0425. The molecule has 0 radical (unpaired) electrons. The van der Waals surface area contributed by atoms with Gasteiger partial charge in [-0.1, -0.05) is 45.9 Å². The van der Waals surface area contributed by atoms with E-state index in [-0.39, 0.29) is 90.0 Å². The van der Waals surface area contributed by atoms with Crippen LogP contribution in [-0.4, -0.2) is 136 Å². The number of carboxylic acid groups (broad SMARTS) is 1. The summed E-state index contributed by atoms with van der Waals surface area (Å²) in [5, 5.41) is 63.2. The second kappa shape index (κ2) is 24.9. The molecule has 2 saturated heterocycles. The zero-order valence-electron chi connectivity index (χ0n) is 52.4. The maximum Gasteiger partial charge on any atom is 0.341 e. The molecule has 5 bridgehead atoms. The number of amides is 1. The second-order valence-corrected chi connectivity index (χ2v) is 25.2. The first-order valence-electron chi connectivity index (χ1n) is 30.8. The summed E-state index contributed by atoms with van der Waals surface area (Å²) >= 11 is 0. The number of anilines is 3. The Morgan fingerprint density at radius 3 is 2.14 bits per heavy atom. The van der Waals surface area contributed by atoms with Crippen LogP contribution in [0.5, 0.6) is 17.2 Å². The van der Waals surface area contributed by atoms with Crippen molar-refractivity contribution in [1.82, 2.24) is 14.9 Å². The van der Waals surface area contributed by atoms with Crippen molar-refractivity contribution in [1.29, 1.82) is 0 Å². The highest BCUT2D eigenvalue weighted by atomic mass is 19.1. The molecule has 0 unspecified atom stereocenters. The van der Waals surface area contributed by atoms with Gasteiger partial charge in [-0.2, -0.15) is 0 Å². The molecule has 91 heavy (non-hydrogen) atoms. The molecule has 484 valence electrons. The van der Waals surface area contributed by atoms with Crippen molar-refractivity contribution in [3.8, 4) is 17.2 Å². The van der Waals surface area contributed by atoms with E-state index in [0.29, 0.717) is 63.1 Å². The molecule has 9 atom stereocenters. The Balaban J connectivity index is 0.907. The van der Waals surface area contributed by atoms with E-state index in [1.165, 1.54) is 72.6 Å². The lowest BCUT2D eigenvalue weighted by Crippen LogP contribution is -2.50. The maximum absolute atomic E-state index is 16.2. The number of phenolic OH excluding ortho intramolecular Hbond substituents is 1. The minimum absolute atomic E-state index is 0.0197. The van der Waals surface area contributed by atoms with Gasteiger partial charge in [-0.25, -0.2) is 14.2 Å². The fourth-order valence-corrected chi connectivity index (χ4v) is 13.7. The number of pyridine rings is 1. The number of allylic oxidation sites excluding steroid dienone is 2. The van der Waals surface area contributed by atoms with E-state index < -0.39 is 117 Å². The highest BCUT2D eigenvalue weighted by molar-refractivity contribution is 6.17. The van der Waals surface area contributed by atoms with E-state index in [4.69, 9.17) is 33.1 Å². The number of aromatic hydroxyl groups is 1. The molecule has 23 nitrogen and oxygen atoms in total. The SMILES string of the molecule is COc1c(N2CCC(NC3CCN(c4cc(=O)c5nc6c(oc5c4)c4c(=O)c5c(O)c(C)c7c(c56)=C(O)[C@@](C)(O/C=C/[C@H](OC)[C@@H](C)[C@@H](OC(C)=O)[C@H](C)[C@H](O)[C@H](C)[C@@H](O)[C@@H](C)/C=C/C=C(/C)C(=O)N4)O7)CC3)CC2)c(F)cc2c(=O)c(C(=O)O)cn(C3CC3)c12. The van der Waals surface area contributed by atoms with E-state index >= 15 is 9.18 Å². The van der Waals surface area contributed by atoms with Gasteiger partial charge in [0.1, 0.15) is 40.1 Å². The number of carbonyl (C=O) groups is 3. The van der Waals surface area contributed by atoms with Gasteiger partial charge in [0.2, 0.25) is 16.3 Å². The Bertz CT molecular complexity index is 4300. The van der Waals surface area contributed by atoms with Crippen LogP contribution < -0.4 is 51.4 Å². The third-order valence-corrected chi connectivity index (χ3v) is 19.1. The monoisotopic (exact) mass is 1260 g/mol. The Hall–Kier alpha value is -8.58. The molecule has 7 N–H and O–H groups in total. The molecule has 4 aromatic carbocycles. The van der Waals surface area contributed by atoms with Crippen molar-refractivity contribution >= 4 is 84.5 Å². The number of aliphatic hydroxyl groups is 3. The van der Waals surface area contributed by atoms with E-state index in [1.54, 1.807) is 50.5 Å². The Morgan fingerprint density at radius 2 is 1.52 bits per heavy atom. The van der Waals surface area contributed by atoms with Crippen LogP contribution in [0.1, 0.15) is 109 Å². The highest BCUT2D eigenvalue weighted by Crippen LogP contribution is 2.46. The largest absolute Gasteiger partial charge is 0.507 e. The molecule has 24 heteroatoms. The molecular formula is C67H77FN6O17. The van der Waals surface area contributed by atoms with Crippen LogP contribution >= 0.6 is 0 Å². The van der Waals surface area contributed by atoms with Crippen LogP contribution in [0.4, 0.5) is 21.5 Å². The molecule has 4 aliphatic heterocycles. The summed E-state index contributed by atoms with van der Waals surface area (Å²) in [6, 6.07) is 4.35. The Morgan fingerprint density at radius 1 is 0.846 bits per heavy atom. The summed E-state index contributed by atoms with van der Waals surface area (Å²) in [6.45, 7) is 14.5. The predicted molar refractivity (Wildman–Crippen MR) is 339 cm³/mol. The number of hydrogen-bond acceptors (Lipinski definition) is 20. The number of ether oxygens (including phenoxy) is 5. The van der Waals surface area contributed by atoms with E-state index in [1.807, 2.05) is 9.80 Å². The summed E-state index contributed by atoms with van der Waals surface area (Å²) < 4.78 is 54.5. The second-order valence-electron chi connectivity index (χ2n) is 25.2. The molecule has 6 heterocycles. The number of carbonyl (C=O) groups excluding carboxylic acids is 2. The maximum atomic E-state index is 16.2. The molecule has 1 amide bonds. The summed E-state index contributed by atoms with van der Waals surface area (Å²) in [5.74, 6) is -9.17. The number of benzene rings is 4. The number of rotatable bonds is 9. The van der Waals surface area contributed by atoms with Crippen LogP contribution in [0.2, 0.25) is 0 Å². The zero-order valence-corrected chi connectivity index (χ0v) is 52.4. The van der Waals surface area contributed by atoms with Crippen molar-refractivity contribution in [2.75, 3.05) is 55.5 Å². The number of hydrogen-bond donors (Lipinski definition) is 7. The first-order chi connectivity index (χ1) is 43.3. The number of esters is 1. The van der Waals surface area contributed by atoms with Crippen LogP contribution in [0.3, 0.4) is 0 Å². The van der Waals surface area contributed by atoms with Crippen molar-refractivity contribution in [2.24, 2.45) is 23.7 Å². The minimum atomic E-state index is -2.04. The third-order valence-electron chi connectivity index (χ3n) is 19.1. The number of methoxy groups -OCH3 is 2. The van der Waals surface area contributed by atoms with Gasteiger partial charge in [0, 0.05) is 129 Å². The van der Waals surface area contributed by atoms with Gasteiger partial charge in [0.25, 0.3) is 5.91 Å². The number of piperidine rings is 2. The molecule has 0 spiro atoms. The fraction of sp³-hybridized carbons (Fsp3) is 0.478. The topological polar surface area (TPSA) is 311 Å². The molecule has 11 rings (SSSR count). The Labute approximate surface area is 522 Å². The van der Waals surface area contributed by atoms with Crippen LogP contribution in [-0.2, 0) is 23.8 Å². The molecule has 6 aromatic rings. The standard InChI is InChI=1S/C67H77FN6O17/c1-30-12-11-13-31(2)65(83)71-52-59(81)48-47(49-61(35(6)57(48)79)91-67(8,64(49)82)88-25-20-45(86-9)32(3)60(89-36(7)75)34(5)56(78)33(4)55(30)77)51-62(52)90-46-27-40(26-44(76)50(46)70-51)72-21-16-37(17-22-72)69-38-18-23-73(24-19-38)54-43(68)28-41-53(63(54)87-10)74(39-14-15-39)29-42(58(41)80)66(84)85/h11-13,20,25-30,32-34,37-39,45,55-56,60,69,77-79,82H,14-19,21-24H2,1-10H3,(H,71,83)(H,84,85)/b12-11+,25-20+,31-13-/t30-,32+,33+,34+,45-,55-,56+,60+,67-/m0/s1. The molecular weight excluding hydrogens is 1180 g/mol. The van der Waals surface area contributed by atoms with E-state index in [0.717, 1.165) is 18.9 Å². The lowest BCUT2D eigenvalue weighted by Gasteiger charge is -2.39. The van der Waals surface area contributed by atoms with Gasteiger partial charge >= 0.3 is 17.7 Å². The first kappa shape index (κ1) is 64.0. The molecule has 1 saturated carbocycles. The van der Waals surface area contributed by atoms with Gasteiger partial charge in [-0.3, -0.25) is 24.0 Å².